The highest BCUT2D eigenvalue weighted by Crippen LogP contribution is 2.28. The van der Waals surface area contributed by atoms with Crippen LogP contribution in [-0.4, -0.2) is 34.0 Å². The molecule has 31 heavy (non-hydrogen) atoms. The van der Waals surface area contributed by atoms with Crippen LogP contribution in [0.25, 0.3) is 0 Å². The van der Waals surface area contributed by atoms with Crippen molar-refractivity contribution in [3.8, 4) is 11.5 Å². The second-order valence-electron chi connectivity index (χ2n) is 6.78. The van der Waals surface area contributed by atoms with Gasteiger partial charge in [0.15, 0.2) is 16.6 Å². The molecule has 0 spiro atoms. The second-order valence-corrected chi connectivity index (χ2v) is 7.18. The smallest absolute Gasteiger partial charge is 0.269 e. The van der Waals surface area contributed by atoms with Crippen molar-refractivity contribution < 1.29 is 14.4 Å². The molecular weight excluding hydrogens is 418 g/mol. The number of aromatic nitrogens is 2. The number of nitrogens with one attached hydrogen (secondary N) is 2. The lowest BCUT2D eigenvalue weighted by atomic mass is 10.2. The van der Waals surface area contributed by atoms with Crippen LogP contribution in [-0.2, 0) is 6.54 Å². The number of hydrogen-bond acceptors (Lipinski definition) is 6. The molecule has 162 valence electrons. The van der Waals surface area contributed by atoms with E-state index in [1.807, 2.05) is 36.7 Å². The van der Waals surface area contributed by atoms with E-state index in [1.54, 1.807) is 26.4 Å². The summed E-state index contributed by atoms with van der Waals surface area (Å²) in [6.45, 7) is 4.41. The summed E-state index contributed by atoms with van der Waals surface area (Å²) in [4.78, 5) is 10.3. The van der Waals surface area contributed by atoms with Crippen LogP contribution in [0.3, 0.4) is 0 Å². The number of hydrogen-bond donors (Lipinski definition) is 2. The highest BCUT2D eigenvalue weighted by molar-refractivity contribution is 7.80. The van der Waals surface area contributed by atoms with Crippen molar-refractivity contribution in [3.63, 3.8) is 0 Å². The minimum atomic E-state index is -0.445. The largest absolute Gasteiger partial charge is 0.493 e. The molecule has 0 saturated carbocycles. The van der Waals surface area contributed by atoms with Crippen molar-refractivity contribution in [3.05, 3.63) is 69.5 Å². The quantitative estimate of drug-likeness (QED) is 0.318. The molecule has 0 unspecified atom stereocenters. The molecule has 0 aliphatic carbocycles. The number of thiocarbonyl (C=S) groups is 1. The lowest BCUT2D eigenvalue weighted by molar-refractivity contribution is -0.384. The Bertz CT molecular complexity index is 1110. The molecule has 0 bridgehead atoms. The SMILES string of the molecule is COc1ccc(Cn2nc(C)c(NC(=S)Nc3ccc([N+](=O)[O-])cc3)c2C)cc1OC. The van der Waals surface area contributed by atoms with Crippen molar-refractivity contribution in [1.82, 2.24) is 9.78 Å². The molecule has 1 aromatic heterocycles. The zero-order chi connectivity index (χ0) is 22.5. The molecule has 0 atom stereocenters. The van der Waals surface area contributed by atoms with Crippen LogP contribution in [0.1, 0.15) is 17.0 Å². The Morgan fingerprint density at radius 2 is 1.77 bits per heavy atom. The van der Waals surface area contributed by atoms with E-state index in [9.17, 15) is 10.1 Å². The first-order valence-electron chi connectivity index (χ1n) is 9.39. The summed E-state index contributed by atoms with van der Waals surface area (Å²) in [6, 6.07) is 11.8. The van der Waals surface area contributed by atoms with Crippen molar-refractivity contribution in [1.29, 1.82) is 0 Å². The summed E-state index contributed by atoms with van der Waals surface area (Å²) in [5.41, 5.74) is 4.20. The van der Waals surface area contributed by atoms with Crippen LogP contribution in [0.2, 0.25) is 0 Å². The molecule has 9 nitrogen and oxygen atoms in total. The minimum Gasteiger partial charge on any atom is -0.493 e. The molecule has 2 N–H and O–H groups in total. The number of methoxy groups -OCH3 is 2. The fourth-order valence-corrected chi connectivity index (χ4v) is 3.35. The lowest BCUT2D eigenvalue weighted by Gasteiger charge is -2.12. The van der Waals surface area contributed by atoms with Gasteiger partial charge < -0.3 is 20.1 Å². The van der Waals surface area contributed by atoms with Gasteiger partial charge in [-0.1, -0.05) is 6.07 Å². The van der Waals surface area contributed by atoms with Crippen LogP contribution in [0.5, 0.6) is 11.5 Å². The number of nitro benzene ring substituents is 1. The number of anilines is 2. The normalized spacial score (nSPS) is 10.5. The van der Waals surface area contributed by atoms with Gasteiger partial charge in [0.05, 0.1) is 42.8 Å². The van der Waals surface area contributed by atoms with Gasteiger partial charge in [0, 0.05) is 17.8 Å². The fourth-order valence-electron chi connectivity index (χ4n) is 3.13. The van der Waals surface area contributed by atoms with Crippen LogP contribution < -0.4 is 20.1 Å². The minimum absolute atomic E-state index is 0.0209. The number of nitrogens with zero attached hydrogens (tertiary/aromatic N) is 3. The second kappa shape index (κ2) is 9.43. The van der Waals surface area contributed by atoms with E-state index in [-0.39, 0.29) is 5.69 Å². The number of nitro groups is 1. The zero-order valence-electron chi connectivity index (χ0n) is 17.6. The maximum absolute atomic E-state index is 10.8. The Kier molecular flexibility index (Phi) is 6.71. The van der Waals surface area contributed by atoms with Gasteiger partial charge in [-0.3, -0.25) is 14.8 Å². The van der Waals surface area contributed by atoms with Crippen LogP contribution >= 0.6 is 12.2 Å². The first kappa shape index (κ1) is 22.0. The lowest BCUT2D eigenvalue weighted by Crippen LogP contribution is -2.20. The number of non-ortho nitro benzene ring substituents is 1. The molecule has 3 rings (SSSR count). The van der Waals surface area contributed by atoms with E-state index in [4.69, 9.17) is 21.7 Å². The average Bonchev–Trinajstić information content (AvgIpc) is 3.01. The highest BCUT2D eigenvalue weighted by Gasteiger charge is 2.14. The monoisotopic (exact) mass is 441 g/mol. The van der Waals surface area contributed by atoms with Gasteiger partial charge in [-0.2, -0.15) is 5.10 Å². The van der Waals surface area contributed by atoms with Gasteiger partial charge in [0.2, 0.25) is 0 Å². The Hall–Kier alpha value is -3.66. The molecule has 3 aromatic rings. The maximum Gasteiger partial charge on any atom is 0.269 e. The molecule has 10 heteroatoms. The molecular formula is C21H23N5O4S. The third-order valence-corrected chi connectivity index (χ3v) is 4.94. The Balaban J connectivity index is 1.72. The third kappa shape index (κ3) is 5.10. The van der Waals surface area contributed by atoms with Crippen LogP contribution in [0.15, 0.2) is 42.5 Å². The van der Waals surface area contributed by atoms with Gasteiger partial charge in [-0.25, -0.2) is 0 Å². The highest BCUT2D eigenvalue weighted by atomic mass is 32.1. The van der Waals surface area contributed by atoms with E-state index in [0.29, 0.717) is 28.8 Å². The molecule has 0 aliphatic heterocycles. The first-order valence-corrected chi connectivity index (χ1v) is 9.80. The molecule has 0 amide bonds. The van der Waals surface area contributed by atoms with E-state index < -0.39 is 4.92 Å². The topological polar surface area (TPSA) is 103 Å². The number of aryl methyl sites for hydroxylation is 1. The Morgan fingerprint density at radius 3 is 2.39 bits per heavy atom. The van der Waals surface area contributed by atoms with Crippen molar-refractivity contribution in [2.75, 3.05) is 24.9 Å². The predicted molar refractivity (Wildman–Crippen MR) is 123 cm³/mol. The van der Waals surface area contributed by atoms with Gasteiger partial charge >= 0.3 is 0 Å². The summed E-state index contributed by atoms with van der Waals surface area (Å²) in [5, 5.41) is 22.0. The summed E-state index contributed by atoms with van der Waals surface area (Å²) >= 11 is 5.40. The number of ether oxygens (including phenoxy) is 2. The fraction of sp³-hybridized carbons (Fsp3) is 0.238. The molecule has 0 saturated heterocycles. The summed E-state index contributed by atoms with van der Waals surface area (Å²) in [5.74, 6) is 1.33. The van der Waals surface area contributed by atoms with E-state index >= 15 is 0 Å². The van der Waals surface area contributed by atoms with Gasteiger partial charge in [-0.15, -0.1) is 0 Å². The molecule has 0 fully saturated rings. The zero-order valence-corrected chi connectivity index (χ0v) is 18.4. The maximum atomic E-state index is 10.8. The van der Waals surface area contributed by atoms with Crippen molar-refractivity contribution in [2.45, 2.75) is 20.4 Å². The average molecular weight is 442 g/mol. The first-order chi connectivity index (χ1) is 14.8. The van der Waals surface area contributed by atoms with Crippen molar-refractivity contribution >= 4 is 34.4 Å². The molecule has 0 aliphatic rings. The molecule has 2 aromatic carbocycles. The number of benzene rings is 2. The van der Waals surface area contributed by atoms with E-state index in [1.165, 1.54) is 12.1 Å². The van der Waals surface area contributed by atoms with E-state index in [0.717, 1.165) is 22.6 Å². The Morgan fingerprint density at radius 1 is 1.10 bits per heavy atom. The van der Waals surface area contributed by atoms with Crippen LogP contribution in [0.4, 0.5) is 17.1 Å². The Labute approximate surface area is 185 Å². The van der Waals surface area contributed by atoms with Crippen molar-refractivity contribution in [2.24, 2.45) is 0 Å². The van der Waals surface area contributed by atoms with Gasteiger partial charge in [0.1, 0.15) is 0 Å². The summed E-state index contributed by atoms with van der Waals surface area (Å²) in [6.07, 6.45) is 0. The summed E-state index contributed by atoms with van der Waals surface area (Å²) < 4.78 is 12.5. The van der Waals surface area contributed by atoms with Crippen LogP contribution in [0, 0.1) is 24.0 Å². The van der Waals surface area contributed by atoms with Gasteiger partial charge in [0.25, 0.3) is 5.69 Å². The van der Waals surface area contributed by atoms with Gasteiger partial charge in [-0.05, 0) is 55.9 Å². The summed E-state index contributed by atoms with van der Waals surface area (Å²) in [7, 11) is 3.20. The molecule has 0 radical (unpaired) electrons. The van der Waals surface area contributed by atoms with E-state index in [2.05, 4.69) is 15.7 Å². The third-order valence-electron chi connectivity index (χ3n) is 4.74. The number of rotatable bonds is 7. The predicted octanol–water partition coefficient (Wildman–Crippen LogP) is 4.28. The standard InChI is InChI=1S/C21H23N5O4S/c1-13-20(23-21(31)22-16-6-8-17(9-7-16)26(27)28)14(2)25(24-13)12-15-5-10-18(29-3)19(11-15)30-4/h5-11H,12H2,1-4H3,(H2,22,23,31). The molecule has 1 heterocycles.